The van der Waals surface area contributed by atoms with Gasteiger partial charge in [0.25, 0.3) is 5.72 Å². The van der Waals surface area contributed by atoms with E-state index in [-0.39, 0.29) is 0 Å². The number of amidine groups is 1. The van der Waals surface area contributed by atoms with Gasteiger partial charge in [0, 0.05) is 11.3 Å². The van der Waals surface area contributed by atoms with Gasteiger partial charge in [0.1, 0.15) is 11.4 Å². The Bertz CT molecular complexity index is 761. The molecule has 0 radical (unpaired) electrons. The molecule has 2 aromatic carbocycles. The summed E-state index contributed by atoms with van der Waals surface area (Å²) in [6, 6.07) is 18.0. The number of β-amino-alcohol motifs (C(OH)–C–C–N with tert-alkyl or cyclic N) is 1. The Morgan fingerprint density at radius 3 is 2.58 bits per heavy atom. The molecule has 0 fully saturated rings. The van der Waals surface area contributed by atoms with Crippen LogP contribution in [0.4, 0.5) is 5.69 Å². The first kappa shape index (κ1) is 15.5. The van der Waals surface area contributed by atoms with E-state index in [0.717, 1.165) is 40.9 Å². The third-order valence-corrected chi connectivity index (χ3v) is 5.86. The third-order valence-electron chi connectivity index (χ3n) is 4.66. The number of para-hydroxylation sites is 1. The summed E-state index contributed by atoms with van der Waals surface area (Å²) in [6.07, 6.45) is 1.08. The first-order valence-electron chi connectivity index (χ1n) is 8.19. The zero-order valence-electron chi connectivity index (χ0n) is 13.7. The van der Waals surface area contributed by atoms with Crippen molar-refractivity contribution in [1.29, 1.82) is 0 Å². The summed E-state index contributed by atoms with van der Waals surface area (Å²) in [7, 11) is 1.66. The number of benzene rings is 2. The topological polar surface area (TPSA) is 35.7 Å². The minimum absolute atomic E-state index is 0.533. The van der Waals surface area contributed by atoms with Gasteiger partial charge < -0.3 is 9.84 Å². The van der Waals surface area contributed by atoms with Gasteiger partial charge >= 0.3 is 5.17 Å². The smallest absolute Gasteiger partial charge is 0.316 e. The van der Waals surface area contributed by atoms with E-state index >= 15 is 0 Å². The second-order valence-corrected chi connectivity index (χ2v) is 7.17. The molecule has 0 spiro atoms. The number of nitrogens with zero attached hydrogens (tertiary/aromatic N) is 2. The minimum atomic E-state index is -1.01. The Hall–Kier alpha value is -1.98. The van der Waals surface area contributed by atoms with Crippen molar-refractivity contribution in [3.05, 3.63) is 60.2 Å². The summed E-state index contributed by atoms with van der Waals surface area (Å²) in [5, 5.41) is 12.7. The first-order valence-corrected chi connectivity index (χ1v) is 9.18. The van der Waals surface area contributed by atoms with Crippen LogP contribution >= 0.6 is 11.8 Å². The maximum Gasteiger partial charge on any atom is 0.316 e. The van der Waals surface area contributed by atoms with Gasteiger partial charge in [-0.2, -0.15) is 0 Å². The Morgan fingerprint density at radius 2 is 1.88 bits per heavy atom. The van der Waals surface area contributed by atoms with Crippen molar-refractivity contribution < 1.29 is 14.4 Å². The summed E-state index contributed by atoms with van der Waals surface area (Å²) in [5.41, 5.74) is 1.02. The molecule has 124 valence electrons. The molecule has 1 atom stereocenters. The third kappa shape index (κ3) is 2.48. The van der Waals surface area contributed by atoms with Gasteiger partial charge in [0.15, 0.2) is 6.54 Å². The lowest BCUT2D eigenvalue weighted by Crippen LogP contribution is -2.41. The Kier molecular flexibility index (Phi) is 3.98. The van der Waals surface area contributed by atoms with Crippen molar-refractivity contribution in [2.75, 3.05) is 30.9 Å². The van der Waals surface area contributed by atoms with E-state index in [2.05, 4.69) is 21.6 Å². The Balaban J connectivity index is 1.77. The van der Waals surface area contributed by atoms with Crippen molar-refractivity contribution in [1.82, 2.24) is 0 Å². The van der Waals surface area contributed by atoms with Crippen LogP contribution in [-0.4, -0.2) is 40.8 Å². The lowest BCUT2D eigenvalue weighted by Gasteiger charge is -2.24. The lowest BCUT2D eigenvalue weighted by molar-refractivity contribution is -0.656. The molecule has 4 rings (SSSR count). The molecule has 24 heavy (non-hydrogen) atoms. The molecule has 5 heteroatoms. The second-order valence-electron chi connectivity index (χ2n) is 6.10. The monoisotopic (exact) mass is 341 g/mol. The van der Waals surface area contributed by atoms with Crippen LogP contribution in [0.15, 0.2) is 54.6 Å². The van der Waals surface area contributed by atoms with Gasteiger partial charge in [0.05, 0.1) is 13.7 Å². The van der Waals surface area contributed by atoms with Crippen molar-refractivity contribution in [2.24, 2.45) is 0 Å². The first-order chi connectivity index (χ1) is 11.7. The number of anilines is 1. The summed E-state index contributed by atoms with van der Waals surface area (Å²) in [5.74, 6) is 1.89. The van der Waals surface area contributed by atoms with Crippen LogP contribution in [-0.2, 0) is 5.72 Å². The lowest BCUT2D eigenvalue weighted by atomic mass is 10.0. The van der Waals surface area contributed by atoms with Crippen LogP contribution in [0, 0.1) is 0 Å². The van der Waals surface area contributed by atoms with Gasteiger partial charge in [-0.1, -0.05) is 18.2 Å². The summed E-state index contributed by atoms with van der Waals surface area (Å²) in [4.78, 5) is 2.23. The molecule has 0 saturated heterocycles. The number of hydrogen-bond donors (Lipinski definition) is 1. The molecule has 0 amide bonds. The molecule has 1 N–H and O–H groups in total. The number of methoxy groups -OCH3 is 1. The van der Waals surface area contributed by atoms with E-state index in [1.165, 1.54) is 0 Å². The number of aliphatic hydroxyl groups is 1. The standard InChI is InChI=1S/C19H21N2O2S/c1-23-17-10-8-15(9-11-17)19(22)14-20(16-6-3-2-4-7-16)18-21(19)12-5-13-24-18/h2-4,6-11,22H,5,12-14H2,1H3/q+1/t19-/m0/s1. The molecule has 0 bridgehead atoms. The fourth-order valence-electron chi connectivity index (χ4n) is 3.41. The van der Waals surface area contributed by atoms with Crippen molar-refractivity contribution >= 4 is 22.6 Å². The summed E-state index contributed by atoms with van der Waals surface area (Å²) in [6.45, 7) is 1.40. The van der Waals surface area contributed by atoms with Gasteiger partial charge in [0.2, 0.25) is 0 Å². The predicted molar refractivity (Wildman–Crippen MR) is 97.9 cm³/mol. The molecule has 2 aliphatic rings. The number of rotatable bonds is 3. The van der Waals surface area contributed by atoms with Crippen LogP contribution < -0.4 is 9.64 Å². The van der Waals surface area contributed by atoms with Crippen molar-refractivity contribution in [3.8, 4) is 5.75 Å². The average molecular weight is 341 g/mol. The van der Waals surface area contributed by atoms with Crippen LogP contribution in [0.1, 0.15) is 12.0 Å². The Morgan fingerprint density at radius 1 is 1.12 bits per heavy atom. The minimum Gasteiger partial charge on any atom is -0.497 e. The average Bonchev–Trinajstić information content (AvgIpc) is 2.97. The highest BCUT2D eigenvalue weighted by Crippen LogP contribution is 2.37. The quantitative estimate of drug-likeness (QED) is 0.871. The molecule has 0 unspecified atom stereocenters. The van der Waals surface area contributed by atoms with E-state index in [0.29, 0.717) is 6.54 Å². The van der Waals surface area contributed by atoms with Crippen molar-refractivity contribution in [3.63, 3.8) is 0 Å². The highest BCUT2D eigenvalue weighted by atomic mass is 32.2. The summed E-state index contributed by atoms with van der Waals surface area (Å²) >= 11 is 1.83. The molecule has 0 aromatic heterocycles. The molecule has 2 aromatic rings. The van der Waals surface area contributed by atoms with Gasteiger partial charge in [-0.15, -0.1) is 0 Å². The normalized spacial score (nSPS) is 23.3. The SMILES string of the molecule is COc1ccc([C@@]2(O)CN(c3ccccc3)C3=[N+]2CCCS3)cc1. The maximum absolute atomic E-state index is 11.6. The largest absolute Gasteiger partial charge is 0.497 e. The van der Waals surface area contributed by atoms with Crippen LogP contribution in [0.3, 0.4) is 0 Å². The van der Waals surface area contributed by atoms with E-state index in [9.17, 15) is 5.11 Å². The molecule has 4 nitrogen and oxygen atoms in total. The highest BCUT2D eigenvalue weighted by molar-refractivity contribution is 8.13. The molecule has 0 saturated carbocycles. The fourth-order valence-corrected chi connectivity index (χ4v) is 4.59. The molecular formula is C19H21N2O2S+. The van der Waals surface area contributed by atoms with Gasteiger partial charge in [-0.05, 0) is 54.6 Å². The molecular weight excluding hydrogens is 320 g/mol. The Labute approximate surface area is 146 Å². The molecule has 0 aliphatic carbocycles. The summed E-state index contributed by atoms with van der Waals surface area (Å²) < 4.78 is 7.40. The number of thioether (sulfide) groups is 1. The van der Waals surface area contributed by atoms with E-state index in [4.69, 9.17) is 4.74 Å². The number of hydrogen-bond acceptors (Lipinski definition) is 4. The van der Waals surface area contributed by atoms with E-state index in [1.807, 2.05) is 54.2 Å². The maximum atomic E-state index is 11.6. The zero-order chi connectivity index (χ0) is 16.6. The van der Waals surface area contributed by atoms with Crippen LogP contribution in [0.25, 0.3) is 0 Å². The van der Waals surface area contributed by atoms with E-state index < -0.39 is 5.72 Å². The highest BCUT2D eigenvalue weighted by Gasteiger charge is 2.53. The van der Waals surface area contributed by atoms with Gasteiger partial charge in [-0.3, -0.25) is 0 Å². The van der Waals surface area contributed by atoms with Crippen LogP contribution in [0.2, 0.25) is 0 Å². The fraction of sp³-hybridized carbons (Fsp3) is 0.316. The molecule has 2 heterocycles. The number of ether oxygens (including phenoxy) is 1. The van der Waals surface area contributed by atoms with Crippen LogP contribution in [0.5, 0.6) is 5.75 Å². The zero-order valence-corrected chi connectivity index (χ0v) is 14.5. The van der Waals surface area contributed by atoms with Gasteiger partial charge in [-0.25, -0.2) is 9.48 Å². The van der Waals surface area contributed by atoms with Crippen molar-refractivity contribution in [2.45, 2.75) is 12.1 Å². The van der Waals surface area contributed by atoms with E-state index in [1.54, 1.807) is 7.11 Å². The predicted octanol–water partition coefficient (Wildman–Crippen LogP) is 2.87. The molecule has 2 aliphatic heterocycles. The second kappa shape index (κ2) is 6.15.